The average molecular weight is 390 g/mol. The van der Waals surface area contributed by atoms with Crippen molar-refractivity contribution in [3.8, 4) is 0 Å². The van der Waals surface area contributed by atoms with Crippen LogP contribution >= 0.6 is 0 Å². The summed E-state index contributed by atoms with van der Waals surface area (Å²) in [4.78, 5) is 23.0. The lowest BCUT2D eigenvalue weighted by Crippen LogP contribution is -2.44. The maximum absolute atomic E-state index is 14.6. The summed E-state index contributed by atoms with van der Waals surface area (Å²) in [7, 11) is 0. The van der Waals surface area contributed by atoms with E-state index >= 15 is 0 Å². The number of morpholine rings is 1. The summed E-state index contributed by atoms with van der Waals surface area (Å²) in [6.07, 6.45) is -0.0381. The fraction of sp³-hybridized carbons (Fsp3) is 0.500. The number of H-pyrrole nitrogens is 1. The van der Waals surface area contributed by atoms with Gasteiger partial charge in [-0.15, -0.1) is 0 Å². The molecule has 2 atom stereocenters. The van der Waals surface area contributed by atoms with Crippen LogP contribution in [0.15, 0.2) is 41.2 Å². The predicted molar refractivity (Wildman–Crippen MR) is 103 cm³/mol. The molecular weight excluding hydrogens is 366 g/mol. The summed E-state index contributed by atoms with van der Waals surface area (Å²) >= 11 is 0. The molecule has 1 aromatic heterocycles. The summed E-state index contributed by atoms with van der Waals surface area (Å²) in [6.45, 7) is 3.88. The zero-order valence-corrected chi connectivity index (χ0v) is 15.8. The predicted octanol–water partition coefficient (Wildman–Crippen LogP) is 2.45. The fourth-order valence-electron chi connectivity index (χ4n) is 3.93. The second kappa shape index (κ2) is 7.50. The first-order valence-corrected chi connectivity index (χ1v) is 9.59. The smallest absolute Gasteiger partial charge is 0.270 e. The molecule has 4 rings (SSSR count). The minimum Gasteiger partial charge on any atom is -0.375 e. The molecule has 1 aromatic carbocycles. The quantitative estimate of drug-likeness (QED) is 0.869. The number of hydrogen-bond donors (Lipinski definition) is 1. The van der Waals surface area contributed by atoms with Crippen molar-refractivity contribution in [1.29, 1.82) is 0 Å². The maximum atomic E-state index is 14.6. The first-order valence-electron chi connectivity index (χ1n) is 9.59. The van der Waals surface area contributed by atoms with E-state index in [1.165, 1.54) is 6.07 Å². The number of alkyl halides is 2. The minimum atomic E-state index is -2.85. The van der Waals surface area contributed by atoms with Crippen LogP contribution in [0.25, 0.3) is 0 Å². The Labute approximate surface area is 162 Å². The fourth-order valence-corrected chi connectivity index (χ4v) is 3.93. The number of anilines is 2. The number of aromatic nitrogens is 2. The molecule has 0 radical (unpaired) electrons. The Bertz CT molecular complexity index is 874. The van der Waals surface area contributed by atoms with Gasteiger partial charge in [0.05, 0.1) is 18.8 Å². The van der Waals surface area contributed by atoms with E-state index in [1.807, 2.05) is 42.2 Å². The highest BCUT2D eigenvalue weighted by Gasteiger charge is 2.49. The molecule has 150 valence electrons. The van der Waals surface area contributed by atoms with Gasteiger partial charge in [-0.05, 0) is 18.9 Å². The molecule has 2 aromatic rings. The van der Waals surface area contributed by atoms with Crippen LogP contribution in [0.3, 0.4) is 0 Å². The molecule has 1 N–H and O–H groups in total. The van der Waals surface area contributed by atoms with Crippen LogP contribution < -0.4 is 15.4 Å². The van der Waals surface area contributed by atoms with Gasteiger partial charge in [0.2, 0.25) is 5.95 Å². The van der Waals surface area contributed by atoms with Gasteiger partial charge in [0.25, 0.3) is 11.5 Å². The highest BCUT2D eigenvalue weighted by Crippen LogP contribution is 2.37. The van der Waals surface area contributed by atoms with Crippen molar-refractivity contribution >= 4 is 11.8 Å². The summed E-state index contributed by atoms with van der Waals surface area (Å²) in [5, 5.41) is 0. The Morgan fingerprint density at radius 3 is 2.82 bits per heavy atom. The standard InChI is InChI=1S/C20H24F2N4O2/c1-14-13-25(9-10-28-14)17-12-18(27)24-19(23-17)26-8-7-20(21,22)16(26)11-15-5-3-2-4-6-15/h2-6,12,14,16H,7-11,13H2,1H3,(H,23,24,27)/t14-,16?/m1/s1. The third-order valence-electron chi connectivity index (χ3n) is 5.37. The van der Waals surface area contributed by atoms with E-state index in [0.717, 1.165) is 5.56 Å². The van der Waals surface area contributed by atoms with Crippen LogP contribution in [-0.2, 0) is 11.2 Å². The number of nitrogens with one attached hydrogen (secondary N) is 1. The van der Waals surface area contributed by atoms with Crippen molar-refractivity contribution in [1.82, 2.24) is 9.97 Å². The zero-order valence-electron chi connectivity index (χ0n) is 15.8. The van der Waals surface area contributed by atoms with Gasteiger partial charge in [0.1, 0.15) is 5.82 Å². The van der Waals surface area contributed by atoms with Crippen molar-refractivity contribution in [2.75, 3.05) is 36.0 Å². The van der Waals surface area contributed by atoms with Gasteiger partial charge in [0.15, 0.2) is 0 Å². The van der Waals surface area contributed by atoms with E-state index in [-0.39, 0.29) is 37.0 Å². The third kappa shape index (κ3) is 3.87. The van der Waals surface area contributed by atoms with Crippen LogP contribution in [0, 0.1) is 0 Å². The molecule has 0 aliphatic carbocycles. The van der Waals surface area contributed by atoms with Crippen molar-refractivity contribution in [3.63, 3.8) is 0 Å². The van der Waals surface area contributed by atoms with Gasteiger partial charge in [0, 0.05) is 32.1 Å². The average Bonchev–Trinajstić information content (AvgIpc) is 2.97. The molecule has 2 aliphatic heterocycles. The molecule has 2 aliphatic rings. The Morgan fingerprint density at radius 2 is 2.07 bits per heavy atom. The number of rotatable bonds is 4. The Morgan fingerprint density at radius 1 is 1.29 bits per heavy atom. The van der Waals surface area contributed by atoms with Gasteiger partial charge >= 0.3 is 0 Å². The number of halogens is 2. The van der Waals surface area contributed by atoms with Crippen LogP contribution in [0.1, 0.15) is 18.9 Å². The maximum Gasteiger partial charge on any atom is 0.270 e. The zero-order chi connectivity index (χ0) is 19.7. The van der Waals surface area contributed by atoms with E-state index in [9.17, 15) is 13.6 Å². The largest absolute Gasteiger partial charge is 0.375 e. The van der Waals surface area contributed by atoms with Crippen molar-refractivity contribution < 1.29 is 13.5 Å². The molecule has 0 amide bonds. The first-order chi connectivity index (χ1) is 13.4. The van der Waals surface area contributed by atoms with Gasteiger partial charge in [-0.2, -0.15) is 4.98 Å². The topological polar surface area (TPSA) is 61.5 Å². The van der Waals surface area contributed by atoms with Crippen LogP contribution in [0.5, 0.6) is 0 Å². The number of benzene rings is 1. The normalized spacial score (nSPS) is 24.5. The highest BCUT2D eigenvalue weighted by molar-refractivity contribution is 5.46. The Kier molecular flexibility index (Phi) is 5.05. The number of ether oxygens (including phenoxy) is 1. The van der Waals surface area contributed by atoms with E-state index in [0.29, 0.717) is 25.5 Å². The molecule has 2 saturated heterocycles. The van der Waals surface area contributed by atoms with Gasteiger partial charge in [-0.1, -0.05) is 30.3 Å². The van der Waals surface area contributed by atoms with Crippen molar-refractivity contribution in [2.45, 2.75) is 37.8 Å². The SMILES string of the molecule is C[C@@H]1CN(c2cc(=O)[nH]c(N3CCC(F)(F)C3Cc3ccccc3)n2)CCO1. The molecule has 0 spiro atoms. The van der Waals surface area contributed by atoms with E-state index in [1.54, 1.807) is 4.90 Å². The lowest BCUT2D eigenvalue weighted by Gasteiger charge is -2.33. The molecule has 2 fully saturated rings. The van der Waals surface area contributed by atoms with Crippen LogP contribution in [0.4, 0.5) is 20.5 Å². The van der Waals surface area contributed by atoms with E-state index in [4.69, 9.17) is 4.74 Å². The second-order valence-corrected chi connectivity index (χ2v) is 7.46. The summed E-state index contributed by atoms with van der Waals surface area (Å²) in [5.41, 5.74) is 0.493. The number of hydrogen-bond acceptors (Lipinski definition) is 5. The Hall–Kier alpha value is -2.48. The molecule has 3 heterocycles. The number of nitrogens with zero attached hydrogens (tertiary/aromatic N) is 3. The summed E-state index contributed by atoms with van der Waals surface area (Å²) in [6, 6.07) is 9.60. The van der Waals surface area contributed by atoms with Gasteiger partial charge < -0.3 is 14.5 Å². The summed E-state index contributed by atoms with van der Waals surface area (Å²) < 4.78 is 34.8. The van der Waals surface area contributed by atoms with Gasteiger partial charge in [-0.3, -0.25) is 9.78 Å². The number of aromatic amines is 1. The highest BCUT2D eigenvalue weighted by atomic mass is 19.3. The monoisotopic (exact) mass is 390 g/mol. The molecular formula is C20H24F2N4O2. The molecule has 6 nitrogen and oxygen atoms in total. The second-order valence-electron chi connectivity index (χ2n) is 7.46. The molecule has 28 heavy (non-hydrogen) atoms. The summed E-state index contributed by atoms with van der Waals surface area (Å²) in [5.74, 6) is -2.14. The van der Waals surface area contributed by atoms with Gasteiger partial charge in [-0.25, -0.2) is 8.78 Å². The third-order valence-corrected chi connectivity index (χ3v) is 5.37. The van der Waals surface area contributed by atoms with Crippen LogP contribution in [0.2, 0.25) is 0 Å². The molecule has 1 unspecified atom stereocenters. The van der Waals surface area contributed by atoms with E-state index < -0.39 is 12.0 Å². The van der Waals surface area contributed by atoms with Crippen molar-refractivity contribution in [2.24, 2.45) is 0 Å². The molecule has 0 bridgehead atoms. The lowest BCUT2D eigenvalue weighted by molar-refractivity contribution is -0.00690. The Balaban J connectivity index is 1.64. The molecule has 0 saturated carbocycles. The van der Waals surface area contributed by atoms with Crippen LogP contribution in [-0.4, -0.2) is 54.3 Å². The van der Waals surface area contributed by atoms with Crippen molar-refractivity contribution in [3.05, 3.63) is 52.3 Å². The minimum absolute atomic E-state index is 0.0280. The van der Waals surface area contributed by atoms with E-state index in [2.05, 4.69) is 9.97 Å². The lowest BCUT2D eigenvalue weighted by atomic mass is 10.0. The molecule has 8 heteroatoms. The first kappa shape index (κ1) is 18.9.